The largest absolute Gasteiger partial charge is 0.340 e. The molecule has 7 heteroatoms. The first-order valence-corrected chi connectivity index (χ1v) is 10.6. The molecule has 0 heterocycles. The molecule has 0 radical (unpaired) electrons. The molecule has 0 aliphatic carbocycles. The number of likely N-dealkylation sites (N-methyl/N-ethyl adjacent to an activating group) is 1. The van der Waals surface area contributed by atoms with Crippen molar-refractivity contribution in [3.8, 4) is 0 Å². The lowest BCUT2D eigenvalue weighted by Gasteiger charge is -2.23. The van der Waals surface area contributed by atoms with Crippen LogP contribution in [0.15, 0.2) is 71.6 Å². The summed E-state index contributed by atoms with van der Waals surface area (Å²) in [5, 5.41) is 2.61. The van der Waals surface area contributed by atoms with Crippen molar-refractivity contribution in [1.82, 2.24) is 9.62 Å². The Morgan fingerprint density at radius 3 is 2.39 bits per heavy atom. The van der Waals surface area contributed by atoms with E-state index in [0.717, 1.165) is 16.3 Å². The van der Waals surface area contributed by atoms with E-state index in [1.807, 2.05) is 42.5 Å². The lowest BCUT2D eigenvalue weighted by atomic mass is 10.0. The zero-order valence-corrected chi connectivity index (χ0v) is 17.2. The average Bonchev–Trinajstić information content (AvgIpc) is 2.67. The number of halogens is 1. The number of hydrogen-bond donors (Lipinski definition) is 1. The molecule has 0 saturated heterocycles. The van der Waals surface area contributed by atoms with E-state index in [1.54, 1.807) is 7.05 Å². The summed E-state index contributed by atoms with van der Waals surface area (Å²) in [6.45, 7) is 1.92. The molecule has 146 valence electrons. The van der Waals surface area contributed by atoms with Gasteiger partial charge < -0.3 is 4.90 Å². The molecule has 0 aromatic heterocycles. The first-order chi connectivity index (χ1) is 13.3. The highest BCUT2D eigenvalue weighted by atomic mass is 35.5. The van der Waals surface area contributed by atoms with Gasteiger partial charge in [0.15, 0.2) is 0 Å². The Morgan fingerprint density at radius 1 is 1.04 bits per heavy atom. The molecule has 1 N–H and O–H groups in total. The summed E-state index contributed by atoms with van der Waals surface area (Å²) in [6, 6.07) is 18.8. The molecule has 0 fully saturated rings. The van der Waals surface area contributed by atoms with Gasteiger partial charge in [-0.25, -0.2) is 8.42 Å². The number of amides is 1. The number of sulfonamides is 1. The summed E-state index contributed by atoms with van der Waals surface area (Å²) in [5.41, 5.74) is 1.00. The Balaban J connectivity index is 1.72. The van der Waals surface area contributed by atoms with Crippen molar-refractivity contribution >= 4 is 38.3 Å². The van der Waals surface area contributed by atoms with Gasteiger partial charge >= 0.3 is 0 Å². The normalized spacial score (nSPS) is 12.7. The molecule has 3 aromatic rings. The molecule has 0 bridgehead atoms. The second-order valence-electron chi connectivity index (χ2n) is 6.63. The van der Waals surface area contributed by atoms with Gasteiger partial charge in [0.2, 0.25) is 15.9 Å². The van der Waals surface area contributed by atoms with Crippen LogP contribution in [0.4, 0.5) is 0 Å². The van der Waals surface area contributed by atoms with Crippen molar-refractivity contribution in [3.63, 3.8) is 0 Å². The predicted octanol–water partition coefficient (Wildman–Crippen LogP) is 3.82. The lowest BCUT2D eigenvalue weighted by molar-refractivity contribution is -0.131. The topological polar surface area (TPSA) is 66.5 Å². The van der Waals surface area contributed by atoms with Gasteiger partial charge in [-0.15, -0.1) is 0 Å². The van der Waals surface area contributed by atoms with Crippen molar-refractivity contribution < 1.29 is 13.2 Å². The molecule has 28 heavy (non-hydrogen) atoms. The van der Waals surface area contributed by atoms with Crippen molar-refractivity contribution in [2.75, 3.05) is 7.05 Å². The Labute approximate surface area is 170 Å². The zero-order valence-electron chi connectivity index (χ0n) is 15.6. The summed E-state index contributed by atoms with van der Waals surface area (Å²) < 4.78 is 27.4. The van der Waals surface area contributed by atoms with Crippen LogP contribution < -0.4 is 4.72 Å². The monoisotopic (exact) mass is 416 g/mol. The molecule has 3 rings (SSSR count). The lowest BCUT2D eigenvalue weighted by Crippen LogP contribution is -2.45. The number of rotatable bonds is 6. The third-order valence-corrected chi connectivity index (χ3v) is 6.30. The number of nitrogens with one attached hydrogen (secondary N) is 1. The third-order valence-electron chi connectivity index (χ3n) is 4.49. The van der Waals surface area contributed by atoms with Crippen molar-refractivity contribution in [1.29, 1.82) is 0 Å². The van der Waals surface area contributed by atoms with E-state index < -0.39 is 16.1 Å². The highest BCUT2D eigenvalue weighted by Crippen LogP contribution is 2.20. The van der Waals surface area contributed by atoms with Crippen LogP contribution in [-0.4, -0.2) is 32.3 Å². The first kappa shape index (κ1) is 20.3. The summed E-state index contributed by atoms with van der Waals surface area (Å²) in [6.07, 6.45) is 0. The number of benzene rings is 3. The fourth-order valence-corrected chi connectivity index (χ4v) is 4.38. The molecule has 1 amide bonds. The SMILES string of the molecule is C[C@H](NS(=O)(=O)c1ccc(Cl)cc1)C(=O)N(C)Cc1cccc2ccccc12. The fourth-order valence-electron chi connectivity index (χ4n) is 3.06. The Kier molecular flexibility index (Phi) is 6.03. The number of nitrogens with zero attached hydrogens (tertiary/aromatic N) is 1. The molecule has 0 saturated carbocycles. The maximum Gasteiger partial charge on any atom is 0.241 e. The van der Waals surface area contributed by atoms with Crippen molar-refractivity contribution in [2.24, 2.45) is 0 Å². The van der Waals surface area contributed by atoms with Crippen LogP contribution in [0.25, 0.3) is 10.8 Å². The van der Waals surface area contributed by atoms with Crippen LogP contribution in [0.2, 0.25) is 5.02 Å². The van der Waals surface area contributed by atoms with Gasteiger partial charge in [0.1, 0.15) is 0 Å². The highest BCUT2D eigenvalue weighted by molar-refractivity contribution is 7.89. The van der Waals surface area contributed by atoms with E-state index in [0.29, 0.717) is 11.6 Å². The minimum atomic E-state index is -3.82. The van der Waals surface area contributed by atoms with Gasteiger partial charge in [-0.2, -0.15) is 4.72 Å². The van der Waals surface area contributed by atoms with Crippen molar-refractivity contribution in [3.05, 3.63) is 77.3 Å². The zero-order chi connectivity index (χ0) is 20.3. The Morgan fingerprint density at radius 2 is 1.68 bits per heavy atom. The van der Waals surface area contributed by atoms with E-state index in [2.05, 4.69) is 4.72 Å². The summed E-state index contributed by atoms with van der Waals surface area (Å²) in [5.74, 6) is -0.314. The van der Waals surface area contributed by atoms with Crippen LogP contribution in [0.3, 0.4) is 0 Å². The smallest absolute Gasteiger partial charge is 0.241 e. The van der Waals surface area contributed by atoms with Crippen LogP contribution in [-0.2, 0) is 21.4 Å². The molecular weight excluding hydrogens is 396 g/mol. The van der Waals surface area contributed by atoms with E-state index >= 15 is 0 Å². The second-order valence-corrected chi connectivity index (χ2v) is 8.78. The molecule has 3 aromatic carbocycles. The summed E-state index contributed by atoms with van der Waals surface area (Å²) in [4.78, 5) is 14.3. The van der Waals surface area contributed by atoms with Gasteiger partial charge in [-0.3, -0.25) is 4.79 Å². The molecule has 5 nitrogen and oxygen atoms in total. The predicted molar refractivity (Wildman–Crippen MR) is 112 cm³/mol. The van der Waals surface area contributed by atoms with Crippen LogP contribution in [0.1, 0.15) is 12.5 Å². The van der Waals surface area contributed by atoms with Gasteiger partial charge in [0.25, 0.3) is 0 Å². The van der Waals surface area contributed by atoms with E-state index in [9.17, 15) is 13.2 Å². The minimum Gasteiger partial charge on any atom is -0.340 e. The molecular formula is C21H21ClN2O3S. The van der Waals surface area contributed by atoms with Crippen LogP contribution in [0.5, 0.6) is 0 Å². The maximum absolute atomic E-state index is 12.7. The van der Waals surface area contributed by atoms with Crippen LogP contribution in [0, 0.1) is 0 Å². The Bertz CT molecular complexity index is 1090. The summed E-state index contributed by atoms with van der Waals surface area (Å²) in [7, 11) is -2.15. The second kappa shape index (κ2) is 8.31. The van der Waals surface area contributed by atoms with E-state index in [4.69, 9.17) is 11.6 Å². The highest BCUT2D eigenvalue weighted by Gasteiger charge is 2.24. The first-order valence-electron chi connectivity index (χ1n) is 8.77. The summed E-state index contributed by atoms with van der Waals surface area (Å²) >= 11 is 5.80. The minimum absolute atomic E-state index is 0.0632. The quantitative estimate of drug-likeness (QED) is 0.664. The van der Waals surface area contributed by atoms with Crippen LogP contribution >= 0.6 is 11.6 Å². The Hall–Kier alpha value is -2.41. The van der Waals surface area contributed by atoms with Gasteiger partial charge in [-0.1, -0.05) is 54.1 Å². The molecule has 0 aliphatic heterocycles. The van der Waals surface area contributed by atoms with Crippen molar-refractivity contribution in [2.45, 2.75) is 24.4 Å². The standard InChI is InChI=1S/C21H21ClN2O3S/c1-15(23-28(26,27)19-12-10-18(22)11-13-19)21(25)24(2)14-17-8-5-7-16-6-3-4-9-20(16)17/h3-13,15,23H,14H2,1-2H3/t15-/m0/s1. The van der Waals surface area contributed by atoms with Gasteiger partial charge in [0, 0.05) is 18.6 Å². The van der Waals surface area contributed by atoms with E-state index in [-0.39, 0.29) is 10.8 Å². The number of carbonyl (C=O) groups excluding carboxylic acids is 1. The number of hydrogen-bond acceptors (Lipinski definition) is 3. The van der Waals surface area contributed by atoms with E-state index in [1.165, 1.54) is 36.1 Å². The molecule has 0 aliphatic rings. The molecule has 0 unspecified atom stereocenters. The molecule has 1 atom stereocenters. The van der Waals surface area contributed by atoms with Gasteiger partial charge in [0.05, 0.1) is 10.9 Å². The maximum atomic E-state index is 12.7. The third kappa shape index (κ3) is 4.52. The van der Waals surface area contributed by atoms with Gasteiger partial charge in [-0.05, 0) is 47.5 Å². The fraction of sp³-hybridized carbons (Fsp3) is 0.190. The average molecular weight is 417 g/mol. The molecule has 0 spiro atoms. The number of carbonyl (C=O) groups is 1. The number of fused-ring (bicyclic) bond motifs is 1.